The number of H-pyrrole nitrogens is 1. The van der Waals surface area contributed by atoms with Gasteiger partial charge in [0.15, 0.2) is 0 Å². The van der Waals surface area contributed by atoms with Crippen LogP contribution >= 0.6 is 0 Å². The Balaban J connectivity index is 2.28. The number of amides is 1. The van der Waals surface area contributed by atoms with E-state index in [-0.39, 0.29) is 18.4 Å². The van der Waals surface area contributed by atoms with E-state index in [1.54, 1.807) is 12.1 Å². The first-order valence-electron chi connectivity index (χ1n) is 6.45. The van der Waals surface area contributed by atoms with E-state index in [1.807, 2.05) is 19.1 Å². The van der Waals surface area contributed by atoms with Gasteiger partial charge in [-0.2, -0.15) is 10.1 Å². The van der Waals surface area contributed by atoms with Gasteiger partial charge in [-0.25, -0.2) is 5.10 Å². The summed E-state index contributed by atoms with van der Waals surface area (Å²) in [6.07, 6.45) is 1.27. The second kappa shape index (κ2) is 6.17. The van der Waals surface area contributed by atoms with Crippen LogP contribution in [0.5, 0.6) is 0 Å². The highest BCUT2D eigenvalue weighted by Gasteiger charge is 2.24. The molecule has 21 heavy (non-hydrogen) atoms. The second-order valence-electron chi connectivity index (χ2n) is 4.83. The van der Waals surface area contributed by atoms with Crippen LogP contribution < -0.4 is 4.90 Å². The number of carboxylic acids is 1. The van der Waals surface area contributed by atoms with Crippen molar-refractivity contribution in [2.45, 2.75) is 13.8 Å². The molecule has 1 unspecified atom stereocenters. The van der Waals surface area contributed by atoms with E-state index in [2.05, 4.69) is 15.2 Å². The van der Waals surface area contributed by atoms with E-state index < -0.39 is 11.9 Å². The van der Waals surface area contributed by atoms with Crippen molar-refractivity contribution in [1.29, 1.82) is 0 Å². The molecule has 0 spiro atoms. The lowest BCUT2D eigenvalue weighted by molar-refractivity contribution is -0.140. The molecule has 0 saturated carbocycles. The predicted octanol–water partition coefficient (Wildman–Crippen LogP) is 1.48. The normalized spacial score (nSPS) is 11.9. The van der Waals surface area contributed by atoms with Crippen LogP contribution in [-0.4, -0.2) is 38.7 Å². The molecule has 110 valence electrons. The minimum Gasteiger partial charge on any atom is -0.481 e. The lowest BCUT2D eigenvalue weighted by atomic mass is 10.1. The quantitative estimate of drug-likeness (QED) is 0.868. The van der Waals surface area contributed by atoms with Gasteiger partial charge in [-0.05, 0) is 19.1 Å². The highest BCUT2D eigenvalue weighted by molar-refractivity contribution is 6.05. The summed E-state index contributed by atoms with van der Waals surface area (Å²) in [5, 5.41) is 15.3. The third kappa shape index (κ3) is 3.44. The molecule has 1 aromatic carbocycles. The van der Waals surface area contributed by atoms with Gasteiger partial charge in [-0.3, -0.25) is 14.5 Å². The molecule has 0 aliphatic rings. The monoisotopic (exact) mass is 288 g/mol. The van der Waals surface area contributed by atoms with E-state index in [1.165, 1.54) is 18.2 Å². The number of carbonyl (C=O) groups excluding carboxylic acids is 1. The van der Waals surface area contributed by atoms with E-state index in [0.29, 0.717) is 5.56 Å². The molecule has 1 amide bonds. The van der Waals surface area contributed by atoms with Gasteiger partial charge in [0.1, 0.15) is 6.33 Å². The maximum atomic E-state index is 12.6. The molecule has 0 saturated heterocycles. The van der Waals surface area contributed by atoms with E-state index in [4.69, 9.17) is 5.11 Å². The van der Waals surface area contributed by atoms with E-state index in [9.17, 15) is 9.59 Å². The van der Waals surface area contributed by atoms with Crippen molar-refractivity contribution in [3.05, 3.63) is 41.7 Å². The van der Waals surface area contributed by atoms with Crippen LogP contribution in [0.1, 0.15) is 22.8 Å². The smallest absolute Gasteiger partial charge is 0.308 e. The van der Waals surface area contributed by atoms with Crippen LogP contribution in [0.4, 0.5) is 5.95 Å². The number of carbonyl (C=O) groups is 2. The number of aromatic nitrogens is 3. The molecule has 1 aromatic heterocycles. The van der Waals surface area contributed by atoms with E-state index >= 15 is 0 Å². The molecule has 2 rings (SSSR count). The Morgan fingerprint density at radius 3 is 2.52 bits per heavy atom. The van der Waals surface area contributed by atoms with Gasteiger partial charge < -0.3 is 5.11 Å². The number of rotatable bonds is 5. The molecule has 0 radical (unpaired) electrons. The topological polar surface area (TPSA) is 99.2 Å². The van der Waals surface area contributed by atoms with Crippen LogP contribution in [0.15, 0.2) is 30.6 Å². The Kier molecular flexibility index (Phi) is 4.32. The Bertz CT molecular complexity index is 622. The zero-order valence-corrected chi connectivity index (χ0v) is 11.8. The number of nitrogens with zero attached hydrogens (tertiary/aromatic N) is 3. The third-order valence-corrected chi connectivity index (χ3v) is 3.08. The van der Waals surface area contributed by atoms with Crippen LogP contribution in [0, 0.1) is 12.8 Å². The van der Waals surface area contributed by atoms with Gasteiger partial charge in [-0.1, -0.05) is 24.6 Å². The molecular weight excluding hydrogens is 272 g/mol. The fourth-order valence-electron chi connectivity index (χ4n) is 1.80. The van der Waals surface area contributed by atoms with Gasteiger partial charge >= 0.3 is 5.97 Å². The van der Waals surface area contributed by atoms with Crippen LogP contribution in [0.2, 0.25) is 0 Å². The van der Waals surface area contributed by atoms with Crippen LogP contribution in [0.25, 0.3) is 0 Å². The van der Waals surface area contributed by atoms with Gasteiger partial charge in [0.25, 0.3) is 5.91 Å². The van der Waals surface area contributed by atoms with Crippen LogP contribution in [-0.2, 0) is 4.79 Å². The summed E-state index contributed by atoms with van der Waals surface area (Å²) < 4.78 is 0. The fraction of sp³-hybridized carbons (Fsp3) is 0.286. The lowest BCUT2D eigenvalue weighted by Gasteiger charge is -2.21. The average molecular weight is 288 g/mol. The summed E-state index contributed by atoms with van der Waals surface area (Å²) in [6.45, 7) is 3.47. The molecule has 0 bridgehead atoms. The SMILES string of the molecule is Cc1ccc(C(=O)N(CC(C)C(=O)O)c2ncn[nH]2)cc1. The zero-order valence-electron chi connectivity index (χ0n) is 11.8. The maximum absolute atomic E-state index is 12.6. The number of aryl methyl sites for hydroxylation is 1. The van der Waals surface area contributed by atoms with Crippen molar-refractivity contribution in [3.8, 4) is 0 Å². The highest BCUT2D eigenvalue weighted by Crippen LogP contribution is 2.14. The summed E-state index contributed by atoms with van der Waals surface area (Å²) >= 11 is 0. The van der Waals surface area contributed by atoms with Crippen molar-refractivity contribution in [3.63, 3.8) is 0 Å². The molecule has 1 atom stereocenters. The summed E-state index contributed by atoms with van der Waals surface area (Å²) in [5.41, 5.74) is 1.51. The van der Waals surface area contributed by atoms with Gasteiger partial charge in [-0.15, -0.1) is 0 Å². The minimum absolute atomic E-state index is 0.0111. The Morgan fingerprint density at radius 2 is 2.00 bits per heavy atom. The Morgan fingerprint density at radius 1 is 1.33 bits per heavy atom. The Hall–Kier alpha value is -2.70. The summed E-state index contributed by atoms with van der Waals surface area (Å²) in [7, 11) is 0. The third-order valence-electron chi connectivity index (χ3n) is 3.08. The van der Waals surface area contributed by atoms with Crippen LogP contribution in [0.3, 0.4) is 0 Å². The number of benzene rings is 1. The lowest BCUT2D eigenvalue weighted by Crippen LogP contribution is -2.37. The van der Waals surface area contributed by atoms with Gasteiger partial charge in [0, 0.05) is 12.1 Å². The summed E-state index contributed by atoms with van der Waals surface area (Å²) in [5.74, 6) is -1.78. The van der Waals surface area contributed by atoms with Crippen molar-refractivity contribution < 1.29 is 14.7 Å². The molecule has 7 heteroatoms. The molecule has 7 nitrogen and oxygen atoms in total. The van der Waals surface area contributed by atoms with Crippen molar-refractivity contribution in [2.75, 3.05) is 11.4 Å². The van der Waals surface area contributed by atoms with Gasteiger partial charge in [0.05, 0.1) is 5.92 Å². The number of aliphatic carboxylic acids is 1. The van der Waals surface area contributed by atoms with Crippen molar-refractivity contribution in [2.24, 2.45) is 5.92 Å². The van der Waals surface area contributed by atoms with Gasteiger partial charge in [0.2, 0.25) is 5.95 Å². The number of aromatic amines is 1. The summed E-state index contributed by atoms with van der Waals surface area (Å²) in [4.78, 5) is 28.8. The molecular formula is C14H16N4O3. The molecule has 0 aliphatic carbocycles. The average Bonchev–Trinajstić information content (AvgIpc) is 2.98. The largest absolute Gasteiger partial charge is 0.481 e. The minimum atomic E-state index is -0.976. The first-order chi connectivity index (χ1) is 9.99. The maximum Gasteiger partial charge on any atom is 0.308 e. The van der Waals surface area contributed by atoms with Crippen molar-refractivity contribution >= 4 is 17.8 Å². The fourth-order valence-corrected chi connectivity index (χ4v) is 1.80. The Labute approximate surface area is 121 Å². The first kappa shape index (κ1) is 14.7. The molecule has 2 N–H and O–H groups in total. The first-order valence-corrected chi connectivity index (χ1v) is 6.45. The molecule has 0 fully saturated rings. The van der Waals surface area contributed by atoms with E-state index in [0.717, 1.165) is 5.56 Å². The highest BCUT2D eigenvalue weighted by atomic mass is 16.4. The summed E-state index contributed by atoms with van der Waals surface area (Å²) in [6, 6.07) is 7.05. The molecule has 2 aromatic rings. The number of anilines is 1. The number of hydrogen-bond acceptors (Lipinski definition) is 4. The van der Waals surface area contributed by atoms with Crippen molar-refractivity contribution in [1.82, 2.24) is 15.2 Å². The number of hydrogen-bond donors (Lipinski definition) is 2. The number of carboxylic acid groups (broad SMARTS) is 1. The number of nitrogens with one attached hydrogen (secondary N) is 1. The standard InChI is InChI=1S/C14H16N4O3/c1-9-3-5-11(6-4-9)12(19)18(7-10(2)13(20)21)14-15-8-16-17-14/h3-6,8,10H,7H2,1-2H3,(H,20,21)(H,15,16,17). The second-order valence-corrected chi connectivity index (χ2v) is 4.83. The zero-order chi connectivity index (χ0) is 15.4. The molecule has 1 heterocycles. The molecule has 0 aliphatic heterocycles. The predicted molar refractivity (Wildman–Crippen MR) is 76.0 cm³/mol.